The molecule has 0 aliphatic heterocycles. The molecule has 0 aromatic rings. The van der Waals surface area contributed by atoms with Crippen LogP contribution in [0.25, 0.3) is 0 Å². The summed E-state index contributed by atoms with van der Waals surface area (Å²) in [5.74, 6) is -9.51. The molecule has 0 rings (SSSR count). The maximum atomic E-state index is 11.6. The Morgan fingerprint density at radius 2 is 0.892 bits per heavy atom. The molecule has 0 aliphatic carbocycles. The van der Waals surface area contributed by atoms with E-state index >= 15 is 0 Å². The monoisotopic (exact) mass is 632 g/mol. The minimum absolute atomic E-state index is 0. The molecule has 0 saturated carbocycles. The number of aliphatic hydroxyl groups is 2. The predicted octanol–water partition coefficient (Wildman–Crippen LogP) is 2.12. The van der Waals surface area contributed by atoms with E-state index in [1.165, 1.54) is 13.8 Å². The number of carboxylic acid groups (broad SMARTS) is 2. The van der Waals surface area contributed by atoms with Crippen LogP contribution < -0.4 is 10.2 Å². The maximum Gasteiger partial charge on any atom is 2.00 e. The third-order valence-electron chi connectivity index (χ3n) is 3.94. The average Bonchev–Trinajstić information content (AvgIpc) is 2.68. The fourth-order valence-electron chi connectivity index (χ4n) is 2.01. The van der Waals surface area contributed by atoms with Gasteiger partial charge in [-0.1, -0.05) is 40.5 Å². The maximum absolute atomic E-state index is 11.6. The molecule has 0 spiro atoms. The molecule has 0 fully saturated rings. The topological polar surface area (TPSA) is 155 Å². The fourth-order valence-corrected chi connectivity index (χ4v) is 2.01. The predicted molar refractivity (Wildman–Crippen MR) is 113 cm³/mol. The van der Waals surface area contributed by atoms with Crippen LogP contribution in [0.1, 0.15) is 79.1 Å². The Hall–Kier alpha value is -1.34. The van der Waals surface area contributed by atoms with E-state index in [-0.39, 0.29) is 39.0 Å². The number of unbranched alkanes of at least 4 members (excludes halogenated alkanes) is 2. The summed E-state index contributed by atoms with van der Waals surface area (Å²) >= 11 is 0. The molecule has 0 amide bonds. The van der Waals surface area contributed by atoms with E-state index < -0.39 is 60.5 Å². The fraction of sp³-hybridized carbons (Fsp3) is 0.818. The largest absolute Gasteiger partial charge is 2.00 e. The summed E-state index contributed by atoms with van der Waals surface area (Å²) in [6, 6.07) is 0. The molecule has 0 bridgehead atoms. The van der Waals surface area contributed by atoms with Crippen molar-refractivity contribution < 1.29 is 92.2 Å². The number of hydrogen-bond acceptors (Lipinski definition) is 8. The molecule has 2 unspecified atom stereocenters. The molecule has 15 heteroatoms. The Labute approximate surface area is 231 Å². The van der Waals surface area contributed by atoms with Crippen LogP contribution >= 0.6 is 0 Å². The van der Waals surface area contributed by atoms with Gasteiger partial charge in [-0.15, -0.1) is 0 Å². The first-order valence-electron chi connectivity index (χ1n) is 11.2. The van der Waals surface area contributed by atoms with Gasteiger partial charge in [0.25, 0.3) is 0 Å². The third-order valence-corrected chi connectivity index (χ3v) is 3.94. The zero-order chi connectivity index (χ0) is 29.5. The van der Waals surface area contributed by atoms with Crippen LogP contribution in [0.3, 0.4) is 0 Å². The van der Waals surface area contributed by atoms with Crippen LogP contribution in [0, 0.1) is 11.8 Å². The number of alkyl halides is 6. The van der Waals surface area contributed by atoms with Gasteiger partial charge in [0.1, 0.15) is 12.8 Å². The first-order chi connectivity index (χ1) is 16.4. The Bertz CT molecular complexity index is 557. The number of carbonyl (C=O) groups is 4. The molecule has 0 aromatic carbocycles. The van der Waals surface area contributed by atoms with Crippen molar-refractivity contribution in [3.05, 3.63) is 0 Å². The second-order valence-corrected chi connectivity index (χ2v) is 7.23. The van der Waals surface area contributed by atoms with Crippen molar-refractivity contribution >= 4 is 23.5 Å². The van der Waals surface area contributed by atoms with Crippen molar-refractivity contribution in [3.8, 4) is 0 Å². The second-order valence-electron chi connectivity index (χ2n) is 7.23. The standard InChI is InChI=1S/2C7H9F3O3.2C4H10O.Zr/c2*1-2-4(6(12)13)5(11)3-7(8,9)10;2*1-2-3-4-5;/h2*4H,2-3H2,1H3,(H,12,13);2*5H,2-4H2,1H3;/q;;;;+2/p-2. The summed E-state index contributed by atoms with van der Waals surface area (Å²) in [5.41, 5.74) is 0. The van der Waals surface area contributed by atoms with Crippen LogP contribution in [0.4, 0.5) is 26.3 Å². The molecule has 37 heavy (non-hydrogen) atoms. The number of carbonyl (C=O) groups excluding carboxylic acids is 4. The Balaban J connectivity index is -0.000000133. The van der Waals surface area contributed by atoms with Crippen LogP contribution in [-0.4, -0.2) is 59.3 Å². The number of ketones is 2. The molecule has 2 atom stereocenters. The van der Waals surface area contributed by atoms with Crippen molar-refractivity contribution in [1.82, 2.24) is 0 Å². The van der Waals surface area contributed by atoms with E-state index in [0.29, 0.717) is 13.2 Å². The van der Waals surface area contributed by atoms with Gasteiger partial charge in [0.15, 0.2) is 11.6 Å². The normalized spacial score (nSPS) is 12.0. The molecule has 0 aliphatic rings. The zero-order valence-corrected chi connectivity index (χ0v) is 23.8. The van der Waals surface area contributed by atoms with Gasteiger partial charge in [0, 0.05) is 13.2 Å². The Morgan fingerprint density at radius 1 is 0.649 bits per heavy atom. The first-order valence-corrected chi connectivity index (χ1v) is 11.2. The van der Waals surface area contributed by atoms with Crippen molar-refractivity contribution in [2.45, 2.75) is 91.4 Å². The summed E-state index contributed by atoms with van der Waals surface area (Å²) in [6.45, 7) is 7.42. The summed E-state index contributed by atoms with van der Waals surface area (Å²) in [4.78, 5) is 41.7. The summed E-state index contributed by atoms with van der Waals surface area (Å²) in [6.07, 6.45) is -9.01. The number of Topliss-reactive ketones (excluding diaryl/α,β-unsaturated/α-hetero) is 2. The summed E-state index contributed by atoms with van der Waals surface area (Å²) < 4.78 is 69.8. The van der Waals surface area contributed by atoms with E-state index in [1.54, 1.807) is 0 Å². The van der Waals surface area contributed by atoms with E-state index in [4.69, 9.17) is 10.2 Å². The SMILES string of the molecule is CCC(C(=O)[O-])C(=O)CC(F)(F)F.CCC(C(=O)[O-])C(=O)CC(F)(F)F.CCCCO.CCCCO.[Zr+2]. The molecule has 0 heterocycles. The zero-order valence-electron chi connectivity index (χ0n) is 21.3. The third kappa shape index (κ3) is 34.7. The van der Waals surface area contributed by atoms with Gasteiger partial charge >= 0.3 is 38.6 Å². The molecule has 0 saturated heterocycles. The van der Waals surface area contributed by atoms with Crippen molar-refractivity contribution in [2.24, 2.45) is 11.8 Å². The average molecular weight is 634 g/mol. The number of rotatable bonds is 12. The van der Waals surface area contributed by atoms with E-state index in [1.807, 2.05) is 0 Å². The molecule has 0 aromatic heterocycles. The van der Waals surface area contributed by atoms with E-state index in [2.05, 4.69) is 13.8 Å². The van der Waals surface area contributed by atoms with Crippen LogP contribution in [0.5, 0.6) is 0 Å². The van der Waals surface area contributed by atoms with Crippen LogP contribution in [0.2, 0.25) is 0 Å². The van der Waals surface area contributed by atoms with Crippen molar-refractivity contribution in [1.29, 1.82) is 0 Å². The van der Waals surface area contributed by atoms with Gasteiger partial charge in [-0.2, -0.15) is 26.3 Å². The molecule has 8 nitrogen and oxygen atoms in total. The molecule has 218 valence electrons. The van der Waals surface area contributed by atoms with Gasteiger partial charge in [0.05, 0.1) is 23.8 Å². The quantitative estimate of drug-likeness (QED) is 0.245. The minimum Gasteiger partial charge on any atom is -0.549 e. The summed E-state index contributed by atoms with van der Waals surface area (Å²) in [5, 5.41) is 36.4. The summed E-state index contributed by atoms with van der Waals surface area (Å²) in [7, 11) is 0. The van der Waals surface area contributed by atoms with Crippen molar-refractivity contribution in [3.63, 3.8) is 0 Å². The van der Waals surface area contributed by atoms with Gasteiger partial charge in [0.2, 0.25) is 0 Å². The molecular weight excluding hydrogens is 597 g/mol. The molecule has 0 radical (unpaired) electrons. The van der Waals surface area contributed by atoms with Gasteiger partial charge in [-0.25, -0.2) is 0 Å². The number of aliphatic carboxylic acids is 2. The van der Waals surface area contributed by atoms with E-state index in [9.17, 15) is 55.7 Å². The smallest absolute Gasteiger partial charge is 0.549 e. The minimum atomic E-state index is -4.65. The number of carboxylic acids is 2. The van der Waals surface area contributed by atoms with E-state index in [0.717, 1.165) is 25.7 Å². The Morgan fingerprint density at radius 3 is 0.973 bits per heavy atom. The number of halogens is 6. The van der Waals surface area contributed by atoms with Gasteiger partial charge in [-0.05, 0) is 25.7 Å². The second kappa shape index (κ2) is 26.3. The van der Waals surface area contributed by atoms with Crippen LogP contribution in [0.15, 0.2) is 0 Å². The molecule has 2 N–H and O–H groups in total. The van der Waals surface area contributed by atoms with Crippen LogP contribution in [-0.2, 0) is 45.4 Å². The van der Waals surface area contributed by atoms with Gasteiger partial charge < -0.3 is 30.0 Å². The first kappa shape index (κ1) is 45.6. The Kier molecular flexibility index (Phi) is 32.4. The molecular formula is C22H36F6O8Zr. The van der Waals surface area contributed by atoms with Gasteiger partial charge in [-0.3, -0.25) is 9.59 Å². The number of aliphatic hydroxyl groups excluding tert-OH is 2. The number of hydrogen-bond donors (Lipinski definition) is 2. The van der Waals surface area contributed by atoms with Crippen molar-refractivity contribution in [2.75, 3.05) is 13.2 Å².